The van der Waals surface area contributed by atoms with Crippen LogP contribution in [0.2, 0.25) is 0 Å². The Morgan fingerprint density at radius 3 is 2.35 bits per heavy atom. The summed E-state index contributed by atoms with van der Waals surface area (Å²) in [6.45, 7) is 23.3. The van der Waals surface area contributed by atoms with Crippen molar-refractivity contribution >= 4 is 29.4 Å². The maximum atomic E-state index is 4.51. The third-order valence-electron chi connectivity index (χ3n) is 9.09. The van der Waals surface area contributed by atoms with Crippen molar-refractivity contribution in [2.75, 3.05) is 4.90 Å². The highest BCUT2D eigenvalue weighted by Gasteiger charge is 2.19. The van der Waals surface area contributed by atoms with Gasteiger partial charge in [0.1, 0.15) is 0 Å². The van der Waals surface area contributed by atoms with Crippen molar-refractivity contribution in [3.63, 3.8) is 0 Å². The van der Waals surface area contributed by atoms with E-state index in [4.69, 9.17) is 0 Å². The second-order valence-electron chi connectivity index (χ2n) is 12.9. The lowest BCUT2D eigenvalue weighted by Gasteiger charge is -2.31. The van der Waals surface area contributed by atoms with E-state index in [0.717, 1.165) is 63.5 Å². The molecule has 0 spiro atoms. The van der Waals surface area contributed by atoms with Crippen LogP contribution >= 0.6 is 11.9 Å². The molecular weight excluding hydrogens is 673 g/mol. The van der Waals surface area contributed by atoms with Crippen molar-refractivity contribution in [1.82, 2.24) is 4.31 Å². The summed E-state index contributed by atoms with van der Waals surface area (Å²) in [4.78, 5) is 3.46. The summed E-state index contributed by atoms with van der Waals surface area (Å²) < 4.78 is 2.28. The lowest BCUT2D eigenvalue weighted by molar-refractivity contribution is 0.743. The minimum absolute atomic E-state index is 0.0202. The molecule has 0 aromatic heterocycles. The van der Waals surface area contributed by atoms with E-state index in [9.17, 15) is 0 Å². The smallest absolute Gasteiger partial charge is 0.0709 e. The molecule has 0 radical (unpaired) electrons. The molecular formula is C51H56N2S. The average molecular weight is 729 g/mol. The summed E-state index contributed by atoms with van der Waals surface area (Å²) >= 11 is 1.66. The molecule has 4 rings (SSSR count). The first-order valence-corrected chi connectivity index (χ1v) is 19.6. The van der Waals surface area contributed by atoms with Gasteiger partial charge in [0.2, 0.25) is 0 Å². The molecule has 2 aliphatic rings. The average Bonchev–Trinajstić information content (AvgIpc) is 3.61. The lowest BCUT2D eigenvalue weighted by atomic mass is 10.0. The van der Waals surface area contributed by atoms with E-state index in [1.807, 2.05) is 19.1 Å². The monoisotopic (exact) mass is 728 g/mol. The summed E-state index contributed by atoms with van der Waals surface area (Å²) in [6, 6.07) is 19.3. The van der Waals surface area contributed by atoms with Gasteiger partial charge in [0, 0.05) is 21.5 Å². The van der Waals surface area contributed by atoms with Gasteiger partial charge >= 0.3 is 0 Å². The molecule has 0 aliphatic heterocycles. The van der Waals surface area contributed by atoms with Gasteiger partial charge in [-0.2, -0.15) is 0 Å². The highest BCUT2D eigenvalue weighted by atomic mass is 32.2. The topological polar surface area (TPSA) is 6.48 Å². The van der Waals surface area contributed by atoms with Crippen molar-refractivity contribution in [1.29, 1.82) is 0 Å². The third kappa shape index (κ3) is 11.5. The van der Waals surface area contributed by atoms with Crippen molar-refractivity contribution < 1.29 is 0 Å². The number of para-hydroxylation sites is 1. The van der Waals surface area contributed by atoms with Crippen LogP contribution < -0.4 is 15.3 Å². The van der Waals surface area contributed by atoms with Crippen LogP contribution in [0.1, 0.15) is 53.9 Å². The maximum absolute atomic E-state index is 4.51. The summed E-state index contributed by atoms with van der Waals surface area (Å²) in [5, 5.41) is 2.42. The zero-order chi connectivity index (χ0) is 38.7. The summed E-state index contributed by atoms with van der Waals surface area (Å²) in [6.07, 6.45) is 43.6. The first-order chi connectivity index (χ1) is 26.3. The molecule has 2 aliphatic carbocycles. The van der Waals surface area contributed by atoms with E-state index in [0.29, 0.717) is 0 Å². The number of rotatable bonds is 16. The molecule has 2 aromatic rings. The van der Waals surface area contributed by atoms with Crippen LogP contribution in [0.4, 0.5) is 5.69 Å². The van der Waals surface area contributed by atoms with Crippen LogP contribution in [-0.4, -0.2) is 10.3 Å². The Morgan fingerprint density at radius 2 is 1.61 bits per heavy atom. The number of hydrogen-bond donors (Lipinski definition) is 0. The quantitative estimate of drug-likeness (QED) is 0.0965. The molecule has 0 amide bonds. The van der Waals surface area contributed by atoms with Gasteiger partial charge in [-0.15, -0.1) is 6.58 Å². The lowest BCUT2D eigenvalue weighted by Crippen LogP contribution is -2.38. The normalized spacial score (nSPS) is 17.3. The fourth-order valence-corrected chi connectivity index (χ4v) is 7.22. The molecule has 1 atom stereocenters. The molecule has 3 heteroatoms. The standard InChI is InChI=1S/C51H56N2S/c1-9-13-28-46-29-21-22-37-50(46)43(8)52(47-32-19-16-20-33-47)48-36-24-31-45(38-39-48)44(12-4)30-23-27-41(6)54-53(49-34-17-14-15-18-35-49)51(26-11-3)42(7)40(5)25-10-2/h9-12,14,16-26,28-39,48H,1,5-6,13,15,27H2,2-4,7-8H3/b25-10-,26-11-,30-23-,44-12+,46-28-,50-43+,51-42+. The largest absolute Gasteiger partial charge is 0.334 e. The molecule has 0 N–H and O–H groups in total. The number of anilines is 1. The highest BCUT2D eigenvalue weighted by molar-refractivity contribution is 8.01. The summed E-state index contributed by atoms with van der Waals surface area (Å²) in [5.41, 5.74) is 8.95. The summed E-state index contributed by atoms with van der Waals surface area (Å²) in [5.74, 6) is 0. The van der Waals surface area contributed by atoms with Gasteiger partial charge in [0.25, 0.3) is 0 Å². The Bertz CT molecular complexity index is 2120. The van der Waals surface area contributed by atoms with Crippen molar-refractivity contribution in [2.45, 2.75) is 59.9 Å². The third-order valence-corrected chi connectivity index (χ3v) is 10.1. The fraction of sp³-hybridized carbons (Fsp3) is 0.176. The molecule has 0 saturated carbocycles. The van der Waals surface area contributed by atoms with Gasteiger partial charge in [0.05, 0.1) is 17.4 Å². The van der Waals surface area contributed by atoms with Crippen LogP contribution in [0, 0.1) is 0 Å². The predicted molar refractivity (Wildman–Crippen MR) is 242 cm³/mol. The maximum Gasteiger partial charge on any atom is 0.0709 e. The first kappa shape index (κ1) is 41.2. The van der Waals surface area contributed by atoms with E-state index in [2.05, 4.69) is 215 Å². The van der Waals surface area contributed by atoms with Crippen LogP contribution in [0.25, 0.3) is 11.8 Å². The Hall–Kier alpha value is -5.51. The van der Waals surface area contributed by atoms with Gasteiger partial charge in [0.15, 0.2) is 0 Å². The van der Waals surface area contributed by atoms with Crippen molar-refractivity contribution in [3.8, 4) is 0 Å². The van der Waals surface area contributed by atoms with Gasteiger partial charge in [-0.3, -0.25) is 4.31 Å². The predicted octanol–water partition coefficient (Wildman–Crippen LogP) is 12.8. The zero-order valence-electron chi connectivity index (χ0n) is 32.8. The number of nitrogens with zero attached hydrogens (tertiary/aromatic N) is 2. The van der Waals surface area contributed by atoms with E-state index in [-0.39, 0.29) is 6.04 Å². The second-order valence-corrected chi connectivity index (χ2v) is 14.1. The molecule has 276 valence electrons. The van der Waals surface area contributed by atoms with Crippen LogP contribution in [0.5, 0.6) is 0 Å². The molecule has 0 saturated heterocycles. The Kier molecular flexibility index (Phi) is 16.7. The Labute approximate surface area is 329 Å². The number of benzene rings is 2. The van der Waals surface area contributed by atoms with Crippen molar-refractivity contribution in [3.05, 3.63) is 233 Å². The molecule has 1 unspecified atom stereocenters. The molecule has 54 heavy (non-hydrogen) atoms. The van der Waals surface area contributed by atoms with E-state index in [1.165, 1.54) is 16.1 Å². The van der Waals surface area contributed by atoms with Crippen LogP contribution in [-0.2, 0) is 0 Å². The minimum atomic E-state index is 0.0202. The molecule has 0 heterocycles. The second kappa shape index (κ2) is 21.9. The molecule has 2 aromatic carbocycles. The molecule has 2 nitrogen and oxygen atoms in total. The van der Waals surface area contributed by atoms with Gasteiger partial charge < -0.3 is 4.90 Å². The van der Waals surface area contributed by atoms with Crippen molar-refractivity contribution in [2.24, 2.45) is 0 Å². The van der Waals surface area contributed by atoms with Gasteiger partial charge in [-0.25, -0.2) is 0 Å². The Balaban J connectivity index is 1.59. The SMILES string of the molecule is C=CC/C=c1/cccc/c1=C(/C)N(c1ccccc1)C1C=CC=C(C(/C=C\CC(=C)SN(C2=CC=CCC=C2)C(/C=C\C)=C(\C)C(=C)/C=C\C)=C/C)C=C1. The molecule has 0 fully saturated rings. The van der Waals surface area contributed by atoms with E-state index < -0.39 is 0 Å². The van der Waals surface area contributed by atoms with E-state index >= 15 is 0 Å². The number of hydrogen-bond acceptors (Lipinski definition) is 3. The van der Waals surface area contributed by atoms with Gasteiger partial charge in [-0.05, 0) is 124 Å². The zero-order valence-corrected chi connectivity index (χ0v) is 33.6. The highest BCUT2D eigenvalue weighted by Crippen LogP contribution is 2.36. The summed E-state index contributed by atoms with van der Waals surface area (Å²) in [7, 11) is 0. The fourth-order valence-electron chi connectivity index (χ4n) is 6.26. The van der Waals surface area contributed by atoms with Crippen LogP contribution in [0.15, 0.2) is 222 Å². The Morgan fingerprint density at radius 1 is 0.852 bits per heavy atom. The number of allylic oxidation sites excluding steroid dienone is 21. The van der Waals surface area contributed by atoms with Gasteiger partial charge in [-0.1, -0.05) is 153 Å². The van der Waals surface area contributed by atoms with E-state index in [1.54, 1.807) is 11.9 Å². The van der Waals surface area contributed by atoms with Crippen LogP contribution in [0.3, 0.4) is 0 Å². The first-order valence-electron chi connectivity index (χ1n) is 18.8. The minimum Gasteiger partial charge on any atom is -0.334 e. The molecule has 0 bridgehead atoms.